The zero-order valence-corrected chi connectivity index (χ0v) is 9.67. The Hall–Kier alpha value is -0.820. The van der Waals surface area contributed by atoms with Crippen molar-refractivity contribution in [2.45, 2.75) is 45.6 Å². The molecular weight excluding hydrogens is 170 g/mol. The number of aryl methyl sites for hydroxylation is 1. The highest BCUT2D eigenvalue weighted by Gasteiger charge is 2.21. The molecule has 0 saturated heterocycles. The first kappa shape index (κ1) is 11.3. The molecule has 0 saturated carbocycles. The van der Waals surface area contributed by atoms with Crippen LogP contribution in [-0.4, -0.2) is 6.04 Å². The molecule has 0 spiro atoms. The topological polar surface area (TPSA) is 26.0 Å². The van der Waals surface area contributed by atoms with Crippen molar-refractivity contribution < 1.29 is 0 Å². The Morgan fingerprint density at radius 3 is 2.14 bits per heavy atom. The molecule has 0 aliphatic carbocycles. The van der Waals surface area contributed by atoms with Crippen LogP contribution in [0.25, 0.3) is 0 Å². The average molecular weight is 191 g/mol. The van der Waals surface area contributed by atoms with E-state index in [-0.39, 0.29) is 11.5 Å². The van der Waals surface area contributed by atoms with E-state index >= 15 is 0 Å². The van der Waals surface area contributed by atoms with Gasteiger partial charge >= 0.3 is 0 Å². The molecule has 0 fully saturated rings. The van der Waals surface area contributed by atoms with Gasteiger partial charge in [0.2, 0.25) is 0 Å². The Morgan fingerprint density at radius 1 is 1.21 bits per heavy atom. The highest BCUT2D eigenvalue weighted by molar-refractivity contribution is 5.27. The van der Waals surface area contributed by atoms with Crippen LogP contribution in [0.15, 0.2) is 24.3 Å². The number of nitrogens with two attached hydrogens (primary N) is 1. The quantitative estimate of drug-likeness (QED) is 0.781. The number of hydrogen-bond acceptors (Lipinski definition) is 1. The molecule has 78 valence electrons. The summed E-state index contributed by atoms with van der Waals surface area (Å²) < 4.78 is 0. The average Bonchev–Trinajstić information content (AvgIpc) is 2.02. The van der Waals surface area contributed by atoms with Crippen LogP contribution in [0.2, 0.25) is 0 Å². The second-order valence-electron chi connectivity index (χ2n) is 4.93. The van der Waals surface area contributed by atoms with Crippen LogP contribution in [-0.2, 0) is 5.41 Å². The van der Waals surface area contributed by atoms with Crippen molar-refractivity contribution in [2.24, 2.45) is 5.73 Å². The lowest BCUT2D eigenvalue weighted by Crippen LogP contribution is -2.28. The minimum atomic E-state index is 0.182. The molecule has 1 atom stereocenters. The Balaban J connectivity index is 2.86. The first-order valence-corrected chi connectivity index (χ1v) is 5.24. The third-order valence-electron chi connectivity index (χ3n) is 2.67. The number of benzene rings is 1. The second-order valence-corrected chi connectivity index (χ2v) is 4.93. The summed E-state index contributed by atoms with van der Waals surface area (Å²) in [4.78, 5) is 0. The Kier molecular flexibility index (Phi) is 3.33. The van der Waals surface area contributed by atoms with Crippen LogP contribution in [0.4, 0.5) is 0 Å². The maximum absolute atomic E-state index is 5.85. The third-order valence-corrected chi connectivity index (χ3v) is 2.67. The lowest BCUT2D eigenvalue weighted by Gasteiger charge is -2.27. The molecule has 0 heterocycles. The predicted octanol–water partition coefficient (Wildman–Crippen LogP) is 3.01. The normalized spacial score (nSPS) is 14.1. The molecule has 1 rings (SSSR count). The van der Waals surface area contributed by atoms with Gasteiger partial charge in [0, 0.05) is 6.04 Å². The largest absolute Gasteiger partial charge is 0.328 e. The maximum atomic E-state index is 5.85. The fourth-order valence-electron chi connectivity index (χ4n) is 1.93. The number of rotatable bonds is 3. The fourth-order valence-corrected chi connectivity index (χ4v) is 1.93. The zero-order chi connectivity index (χ0) is 10.8. The van der Waals surface area contributed by atoms with Gasteiger partial charge in [0.15, 0.2) is 0 Å². The molecule has 0 aromatic heterocycles. The van der Waals surface area contributed by atoms with Crippen LogP contribution < -0.4 is 5.73 Å². The fraction of sp³-hybridized carbons (Fsp3) is 0.538. The van der Waals surface area contributed by atoms with Crippen LogP contribution in [0.5, 0.6) is 0 Å². The smallest absolute Gasteiger partial charge is 0.00187 e. The summed E-state index contributed by atoms with van der Waals surface area (Å²) in [5.74, 6) is 0. The first-order chi connectivity index (χ1) is 6.42. The van der Waals surface area contributed by atoms with E-state index in [1.165, 1.54) is 11.1 Å². The van der Waals surface area contributed by atoms with Crippen molar-refractivity contribution in [2.75, 3.05) is 0 Å². The molecule has 1 heteroatoms. The summed E-state index contributed by atoms with van der Waals surface area (Å²) in [6.45, 7) is 8.68. The summed E-state index contributed by atoms with van der Waals surface area (Å²) in [5, 5.41) is 0. The van der Waals surface area contributed by atoms with Crippen molar-refractivity contribution in [3.05, 3.63) is 35.4 Å². The molecule has 0 amide bonds. The summed E-state index contributed by atoms with van der Waals surface area (Å²) in [6.07, 6.45) is 1.02. The molecule has 1 aromatic rings. The highest BCUT2D eigenvalue weighted by atomic mass is 14.6. The molecule has 0 unspecified atom stereocenters. The van der Waals surface area contributed by atoms with Crippen molar-refractivity contribution in [1.82, 2.24) is 0 Å². The maximum Gasteiger partial charge on any atom is 0.00187 e. The Morgan fingerprint density at radius 2 is 1.71 bits per heavy atom. The van der Waals surface area contributed by atoms with Crippen LogP contribution in [0.3, 0.4) is 0 Å². The molecule has 0 bridgehead atoms. The van der Waals surface area contributed by atoms with Crippen molar-refractivity contribution in [3.8, 4) is 0 Å². The molecule has 0 aliphatic heterocycles. The van der Waals surface area contributed by atoms with E-state index in [4.69, 9.17) is 5.73 Å². The van der Waals surface area contributed by atoms with Gasteiger partial charge in [0.05, 0.1) is 0 Å². The molecule has 1 nitrogen and oxygen atoms in total. The SMILES string of the molecule is Cc1ccc(C(C)(C)C[C@@H](C)N)cc1. The molecular formula is C13H21N. The number of hydrogen-bond donors (Lipinski definition) is 1. The lowest BCUT2D eigenvalue weighted by molar-refractivity contribution is 0.437. The van der Waals surface area contributed by atoms with E-state index in [9.17, 15) is 0 Å². The van der Waals surface area contributed by atoms with Crippen LogP contribution in [0, 0.1) is 6.92 Å². The summed E-state index contributed by atoms with van der Waals surface area (Å²) in [6, 6.07) is 9.00. The summed E-state index contributed by atoms with van der Waals surface area (Å²) >= 11 is 0. The van der Waals surface area contributed by atoms with E-state index < -0.39 is 0 Å². The van der Waals surface area contributed by atoms with Gasteiger partial charge in [-0.15, -0.1) is 0 Å². The Labute approximate surface area is 87.3 Å². The van der Waals surface area contributed by atoms with E-state index in [0.717, 1.165) is 6.42 Å². The van der Waals surface area contributed by atoms with Gasteiger partial charge in [0.25, 0.3) is 0 Å². The third kappa shape index (κ3) is 2.85. The highest BCUT2D eigenvalue weighted by Crippen LogP contribution is 2.27. The van der Waals surface area contributed by atoms with E-state index in [1.54, 1.807) is 0 Å². The Bertz CT molecular complexity index is 283. The van der Waals surface area contributed by atoms with Gasteiger partial charge in [0.1, 0.15) is 0 Å². The van der Waals surface area contributed by atoms with Gasteiger partial charge < -0.3 is 5.73 Å². The van der Waals surface area contributed by atoms with Crippen molar-refractivity contribution in [1.29, 1.82) is 0 Å². The lowest BCUT2D eigenvalue weighted by atomic mass is 9.79. The van der Waals surface area contributed by atoms with E-state index in [2.05, 4.69) is 52.0 Å². The van der Waals surface area contributed by atoms with Gasteiger partial charge in [-0.2, -0.15) is 0 Å². The molecule has 1 aromatic carbocycles. The van der Waals surface area contributed by atoms with Gasteiger partial charge in [-0.25, -0.2) is 0 Å². The van der Waals surface area contributed by atoms with Crippen molar-refractivity contribution in [3.63, 3.8) is 0 Å². The standard InChI is InChI=1S/C13H21N/c1-10-5-7-12(8-6-10)13(3,4)9-11(2)14/h5-8,11H,9,14H2,1-4H3/t11-/m1/s1. The zero-order valence-electron chi connectivity index (χ0n) is 9.67. The summed E-state index contributed by atoms with van der Waals surface area (Å²) in [5.41, 5.74) is 8.71. The summed E-state index contributed by atoms with van der Waals surface area (Å²) in [7, 11) is 0. The van der Waals surface area contributed by atoms with Crippen LogP contribution >= 0.6 is 0 Å². The monoisotopic (exact) mass is 191 g/mol. The van der Waals surface area contributed by atoms with Crippen molar-refractivity contribution >= 4 is 0 Å². The first-order valence-electron chi connectivity index (χ1n) is 5.24. The molecule has 2 N–H and O–H groups in total. The molecule has 0 radical (unpaired) electrons. The molecule has 14 heavy (non-hydrogen) atoms. The predicted molar refractivity (Wildman–Crippen MR) is 62.5 cm³/mol. The van der Waals surface area contributed by atoms with Crippen LogP contribution in [0.1, 0.15) is 38.3 Å². The van der Waals surface area contributed by atoms with E-state index in [0.29, 0.717) is 0 Å². The molecule has 0 aliphatic rings. The minimum absolute atomic E-state index is 0.182. The van der Waals surface area contributed by atoms with Gasteiger partial charge in [-0.3, -0.25) is 0 Å². The second kappa shape index (κ2) is 4.14. The van der Waals surface area contributed by atoms with E-state index in [1.807, 2.05) is 0 Å². The van der Waals surface area contributed by atoms with Gasteiger partial charge in [-0.1, -0.05) is 43.7 Å². The van der Waals surface area contributed by atoms with Gasteiger partial charge in [-0.05, 0) is 31.2 Å². The minimum Gasteiger partial charge on any atom is -0.328 e.